The zero-order chi connectivity index (χ0) is 26.6. The number of nitrogens with zero attached hydrogens (tertiary/aromatic N) is 3. The number of carbonyl (C=O) groups excluding carboxylic acids is 1. The normalized spacial score (nSPS) is 11.5. The highest BCUT2D eigenvalue weighted by Crippen LogP contribution is 2.31. The Morgan fingerprint density at radius 3 is 2.16 bits per heavy atom. The topological polar surface area (TPSA) is 69.0 Å². The van der Waals surface area contributed by atoms with E-state index in [0.717, 1.165) is 28.5 Å². The van der Waals surface area contributed by atoms with Crippen LogP contribution in [-0.2, 0) is 10.2 Å². The van der Waals surface area contributed by atoms with Gasteiger partial charge in [-0.15, -0.1) is 10.2 Å². The minimum atomic E-state index is -0.0948. The van der Waals surface area contributed by atoms with E-state index in [1.807, 2.05) is 53.1 Å². The number of aromatic nitrogens is 3. The maximum Gasteiger partial charge on any atom is 0.234 e. The second-order valence-electron chi connectivity index (χ2n) is 10.3. The molecule has 1 aromatic heterocycles. The average molecular weight is 515 g/mol. The fourth-order valence-corrected chi connectivity index (χ4v) is 4.66. The summed E-state index contributed by atoms with van der Waals surface area (Å²) in [5.74, 6) is 2.05. The molecule has 0 spiro atoms. The van der Waals surface area contributed by atoms with Crippen LogP contribution >= 0.6 is 11.8 Å². The molecule has 3 aromatic carbocycles. The number of methoxy groups -OCH3 is 1. The molecule has 0 aliphatic heterocycles. The molecule has 192 valence electrons. The van der Waals surface area contributed by atoms with Crippen molar-refractivity contribution in [2.24, 2.45) is 0 Å². The first-order valence-corrected chi connectivity index (χ1v) is 13.4. The number of hydrogen-bond donors (Lipinski definition) is 1. The van der Waals surface area contributed by atoms with Gasteiger partial charge in [-0.3, -0.25) is 9.36 Å². The Labute approximate surface area is 223 Å². The number of carbonyl (C=O) groups is 1. The summed E-state index contributed by atoms with van der Waals surface area (Å²) >= 11 is 1.36. The Morgan fingerprint density at radius 1 is 0.946 bits per heavy atom. The molecule has 4 aromatic rings. The lowest BCUT2D eigenvalue weighted by atomic mass is 9.87. The first-order valence-electron chi connectivity index (χ1n) is 12.4. The van der Waals surface area contributed by atoms with Gasteiger partial charge in [-0.1, -0.05) is 82.8 Å². The number of hydrogen-bond acceptors (Lipinski definition) is 5. The van der Waals surface area contributed by atoms with Crippen molar-refractivity contribution in [3.05, 3.63) is 83.9 Å². The van der Waals surface area contributed by atoms with Gasteiger partial charge in [0.2, 0.25) is 5.91 Å². The van der Waals surface area contributed by atoms with Gasteiger partial charge < -0.3 is 10.1 Å². The number of nitrogens with one attached hydrogen (secondary N) is 1. The molecule has 6 nitrogen and oxygen atoms in total. The zero-order valence-corrected chi connectivity index (χ0v) is 23.1. The fourth-order valence-electron chi connectivity index (χ4n) is 3.91. The van der Waals surface area contributed by atoms with Gasteiger partial charge in [-0.05, 0) is 58.9 Å². The minimum Gasteiger partial charge on any atom is -0.497 e. The van der Waals surface area contributed by atoms with Crippen LogP contribution in [0.3, 0.4) is 0 Å². The second kappa shape index (κ2) is 11.2. The molecular weight excluding hydrogens is 480 g/mol. The van der Waals surface area contributed by atoms with E-state index in [1.165, 1.54) is 22.9 Å². The van der Waals surface area contributed by atoms with Crippen molar-refractivity contribution in [3.63, 3.8) is 0 Å². The Balaban J connectivity index is 1.58. The van der Waals surface area contributed by atoms with E-state index >= 15 is 0 Å². The highest BCUT2D eigenvalue weighted by Gasteiger charge is 2.19. The lowest BCUT2D eigenvalue weighted by molar-refractivity contribution is -0.113. The molecule has 0 aliphatic carbocycles. The number of anilines is 1. The van der Waals surface area contributed by atoms with Crippen LogP contribution in [0.1, 0.15) is 51.7 Å². The lowest BCUT2D eigenvalue weighted by Gasteiger charge is -2.19. The molecule has 1 heterocycles. The molecule has 0 atom stereocenters. The quantitative estimate of drug-likeness (QED) is 0.254. The molecule has 1 N–H and O–H groups in total. The highest BCUT2D eigenvalue weighted by molar-refractivity contribution is 7.99. The van der Waals surface area contributed by atoms with Crippen molar-refractivity contribution >= 4 is 23.4 Å². The molecule has 0 fully saturated rings. The summed E-state index contributed by atoms with van der Waals surface area (Å²) in [6.07, 6.45) is 0. The third kappa shape index (κ3) is 6.41. The van der Waals surface area contributed by atoms with Crippen LogP contribution in [0.5, 0.6) is 5.75 Å². The highest BCUT2D eigenvalue weighted by atomic mass is 32.2. The molecule has 0 bridgehead atoms. The summed E-state index contributed by atoms with van der Waals surface area (Å²) < 4.78 is 7.32. The van der Waals surface area contributed by atoms with E-state index in [2.05, 4.69) is 74.4 Å². The number of ether oxygens (including phenoxy) is 1. The second-order valence-corrected chi connectivity index (χ2v) is 11.2. The van der Waals surface area contributed by atoms with E-state index in [0.29, 0.717) is 11.1 Å². The van der Waals surface area contributed by atoms with Crippen LogP contribution in [0.2, 0.25) is 0 Å². The minimum absolute atomic E-state index is 0.0612. The average Bonchev–Trinajstić information content (AvgIpc) is 3.31. The summed E-state index contributed by atoms with van der Waals surface area (Å²) in [6, 6.07) is 24.1. The molecule has 0 saturated heterocycles. The maximum atomic E-state index is 12.7. The summed E-state index contributed by atoms with van der Waals surface area (Å²) in [5, 5.41) is 12.6. The number of benzene rings is 3. The van der Waals surface area contributed by atoms with Crippen LogP contribution in [0.25, 0.3) is 17.1 Å². The Bertz CT molecular complexity index is 1340. The number of amides is 1. The molecular formula is C30H34N4O2S. The van der Waals surface area contributed by atoms with Gasteiger partial charge in [0, 0.05) is 16.9 Å². The molecule has 37 heavy (non-hydrogen) atoms. The van der Waals surface area contributed by atoms with Gasteiger partial charge in [0.1, 0.15) is 5.75 Å². The molecule has 0 aliphatic rings. The summed E-state index contributed by atoms with van der Waals surface area (Å²) in [5.41, 5.74) is 5.19. The van der Waals surface area contributed by atoms with Crippen molar-refractivity contribution in [2.45, 2.75) is 51.1 Å². The van der Waals surface area contributed by atoms with Crippen molar-refractivity contribution in [1.29, 1.82) is 0 Å². The van der Waals surface area contributed by atoms with Gasteiger partial charge in [-0.25, -0.2) is 0 Å². The zero-order valence-electron chi connectivity index (χ0n) is 22.3. The number of rotatable bonds is 8. The van der Waals surface area contributed by atoms with Crippen LogP contribution in [0.15, 0.2) is 78.0 Å². The van der Waals surface area contributed by atoms with E-state index in [-0.39, 0.29) is 17.1 Å². The van der Waals surface area contributed by atoms with Gasteiger partial charge >= 0.3 is 0 Å². The van der Waals surface area contributed by atoms with Gasteiger partial charge in [0.05, 0.1) is 12.9 Å². The maximum absolute atomic E-state index is 12.7. The predicted molar refractivity (Wildman–Crippen MR) is 152 cm³/mol. The molecule has 0 unspecified atom stereocenters. The standard InChI is InChI=1S/C30H34N4O2S/c1-20(2)21-9-13-24(14-10-21)31-27(35)19-37-29-33-32-28(22-7-11-23(12-8-22)30(3,4)5)34(29)25-15-17-26(36-6)18-16-25/h7-18,20H,19H2,1-6H3,(H,31,35). The van der Waals surface area contributed by atoms with Crippen molar-refractivity contribution in [2.75, 3.05) is 18.2 Å². The molecule has 7 heteroatoms. The fraction of sp³-hybridized carbons (Fsp3) is 0.300. The van der Waals surface area contributed by atoms with Crippen LogP contribution in [0, 0.1) is 0 Å². The van der Waals surface area contributed by atoms with Crippen LogP contribution in [-0.4, -0.2) is 33.5 Å². The Hall–Kier alpha value is -3.58. The summed E-state index contributed by atoms with van der Waals surface area (Å²) in [7, 11) is 1.65. The van der Waals surface area contributed by atoms with Crippen LogP contribution in [0.4, 0.5) is 5.69 Å². The van der Waals surface area contributed by atoms with E-state index < -0.39 is 0 Å². The molecule has 0 radical (unpaired) electrons. The van der Waals surface area contributed by atoms with Crippen LogP contribution < -0.4 is 10.1 Å². The summed E-state index contributed by atoms with van der Waals surface area (Å²) in [4.78, 5) is 12.7. The first kappa shape index (κ1) is 26.5. The van der Waals surface area contributed by atoms with E-state index in [1.54, 1.807) is 7.11 Å². The Kier molecular flexibility index (Phi) is 8.03. The third-order valence-corrected chi connectivity index (χ3v) is 7.10. The van der Waals surface area contributed by atoms with Gasteiger partial charge in [0.25, 0.3) is 0 Å². The Morgan fingerprint density at radius 2 is 1.59 bits per heavy atom. The number of thioether (sulfide) groups is 1. The van der Waals surface area contributed by atoms with Crippen molar-refractivity contribution < 1.29 is 9.53 Å². The monoisotopic (exact) mass is 514 g/mol. The van der Waals surface area contributed by atoms with E-state index in [4.69, 9.17) is 4.74 Å². The SMILES string of the molecule is COc1ccc(-n2c(SCC(=O)Nc3ccc(C(C)C)cc3)nnc2-c2ccc(C(C)(C)C)cc2)cc1. The third-order valence-electron chi connectivity index (χ3n) is 6.17. The smallest absolute Gasteiger partial charge is 0.234 e. The molecule has 0 saturated carbocycles. The largest absolute Gasteiger partial charge is 0.497 e. The first-order chi connectivity index (χ1) is 17.7. The van der Waals surface area contributed by atoms with E-state index in [9.17, 15) is 4.79 Å². The molecule has 4 rings (SSSR count). The van der Waals surface area contributed by atoms with Crippen molar-refractivity contribution in [1.82, 2.24) is 14.8 Å². The van der Waals surface area contributed by atoms with Gasteiger partial charge in [-0.2, -0.15) is 0 Å². The lowest BCUT2D eigenvalue weighted by Crippen LogP contribution is -2.14. The summed E-state index contributed by atoms with van der Waals surface area (Å²) in [6.45, 7) is 10.9. The van der Waals surface area contributed by atoms with Crippen molar-refractivity contribution in [3.8, 4) is 22.8 Å². The predicted octanol–water partition coefficient (Wildman–Crippen LogP) is 7.09. The molecule has 1 amide bonds. The van der Waals surface area contributed by atoms with Gasteiger partial charge in [0.15, 0.2) is 11.0 Å².